The molecular formula is C14H20N2O2. The molecule has 18 heavy (non-hydrogen) atoms. The van der Waals surface area contributed by atoms with Crippen LogP contribution >= 0.6 is 0 Å². The molecule has 0 saturated carbocycles. The van der Waals surface area contributed by atoms with Gasteiger partial charge in [0, 0.05) is 25.1 Å². The molecule has 1 spiro atoms. The van der Waals surface area contributed by atoms with Gasteiger partial charge in [0.15, 0.2) is 5.79 Å². The van der Waals surface area contributed by atoms with Gasteiger partial charge in [-0.1, -0.05) is 6.08 Å². The van der Waals surface area contributed by atoms with Crippen LogP contribution in [0.25, 0.3) is 5.57 Å². The summed E-state index contributed by atoms with van der Waals surface area (Å²) in [6, 6.07) is 2.17. The molecule has 1 aromatic rings. The van der Waals surface area contributed by atoms with Gasteiger partial charge in [0.1, 0.15) is 0 Å². The van der Waals surface area contributed by atoms with Gasteiger partial charge in [-0.25, -0.2) is 0 Å². The number of aryl methyl sites for hydroxylation is 2. The molecule has 1 aliphatic heterocycles. The van der Waals surface area contributed by atoms with Crippen LogP contribution in [-0.4, -0.2) is 28.8 Å². The minimum absolute atomic E-state index is 0.328. The minimum atomic E-state index is -0.328. The molecule has 0 N–H and O–H groups in total. The van der Waals surface area contributed by atoms with Gasteiger partial charge < -0.3 is 9.47 Å². The second-order valence-electron chi connectivity index (χ2n) is 5.03. The highest BCUT2D eigenvalue weighted by Crippen LogP contribution is 2.37. The summed E-state index contributed by atoms with van der Waals surface area (Å²) in [6.07, 6.45) is 5.01. The number of ether oxygens (including phenoxy) is 2. The van der Waals surface area contributed by atoms with Gasteiger partial charge in [-0.05, 0) is 31.9 Å². The van der Waals surface area contributed by atoms with E-state index in [2.05, 4.69) is 31.1 Å². The van der Waals surface area contributed by atoms with Crippen LogP contribution in [0.2, 0.25) is 0 Å². The molecule has 2 aliphatic rings. The highest BCUT2D eigenvalue weighted by atomic mass is 16.7. The Kier molecular flexibility index (Phi) is 2.99. The smallest absolute Gasteiger partial charge is 0.172 e. The zero-order chi connectivity index (χ0) is 12.6. The van der Waals surface area contributed by atoms with Crippen molar-refractivity contribution in [1.29, 1.82) is 0 Å². The van der Waals surface area contributed by atoms with Crippen LogP contribution in [0.1, 0.15) is 37.6 Å². The van der Waals surface area contributed by atoms with Gasteiger partial charge in [0.25, 0.3) is 0 Å². The Morgan fingerprint density at radius 1 is 1.39 bits per heavy atom. The lowest BCUT2D eigenvalue weighted by atomic mass is 9.92. The first-order valence-corrected chi connectivity index (χ1v) is 6.74. The maximum atomic E-state index is 5.72. The third-order valence-corrected chi connectivity index (χ3v) is 3.86. The summed E-state index contributed by atoms with van der Waals surface area (Å²) in [5.74, 6) is -0.328. The van der Waals surface area contributed by atoms with Crippen molar-refractivity contribution >= 4 is 5.57 Å². The molecule has 0 aromatic carbocycles. The van der Waals surface area contributed by atoms with Crippen LogP contribution in [0.4, 0.5) is 0 Å². The fourth-order valence-electron chi connectivity index (χ4n) is 2.79. The molecule has 98 valence electrons. The number of rotatable bonds is 2. The van der Waals surface area contributed by atoms with Crippen LogP contribution in [0.5, 0.6) is 0 Å². The van der Waals surface area contributed by atoms with Crippen LogP contribution in [0, 0.1) is 6.92 Å². The van der Waals surface area contributed by atoms with Crippen molar-refractivity contribution in [3.8, 4) is 0 Å². The highest BCUT2D eigenvalue weighted by molar-refractivity contribution is 5.63. The number of aromatic nitrogens is 2. The number of nitrogens with zero attached hydrogens (tertiary/aromatic N) is 2. The van der Waals surface area contributed by atoms with E-state index >= 15 is 0 Å². The molecule has 0 amide bonds. The molecule has 4 heteroatoms. The predicted molar refractivity (Wildman–Crippen MR) is 69.1 cm³/mol. The van der Waals surface area contributed by atoms with E-state index in [-0.39, 0.29) is 5.79 Å². The number of allylic oxidation sites excluding steroid dienone is 1. The SMILES string of the molecule is CCn1nc(C2=CCC3(CC2)OCCO3)cc1C. The third kappa shape index (κ3) is 1.99. The second kappa shape index (κ2) is 4.52. The van der Waals surface area contributed by atoms with Crippen molar-refractivity contribution in [1.82, 2.24) is 9.78 Å². The average molecular weight is 248 g/mol. The van der Waals surface area contributed by atoms with Crippen molar-refractivity contribution in [2.24, 2.45) is 0 Å². The van der Waals surface area contributed by atoms with Crippen LogP contribution in [0.3, 0.4) is 0 Å². The van der Waals surface area contributed by atoms with Crippen LogP contribution in [0.15, 0.2) is 12.1 Å². The van der Waals surface area contributed by atoms with Crippen LogP contribution in [-0.2, 0) is 16.0 Å². The second-order valence-corrected chi connectivity index (χ2v) is 5.03. The van der Waals surface area contributed by atoms with Crippen molar-refractivity contribution < 1.29 is 9.47 Å². The Balaban J connectivity index is 1.79. The van der Waals surface area contributed by atoms with Gasteiger partial charge in [-0.15, -0.1) is 0 Å². The molecule has 3 rings (SSSR count). The maximum absolute atomic E-state index is 5.72. The minimum Gasteiger partial charge on any atom is -0.347 e. The van der Waals surface area contributed by atoms with E-state index in [1.807, 2.05) is 4.68 Å². The Morgan fingerprint density at radius 3 is 2.72 bits per heavy atom. The normalized spacial score (nSPS) is 22.4. The molecule has 0 unspecified atom stereocenters. The molecule has 0 bridgehead atoms. The van der Waals surface area contributed by atoms with E-state index in [0.29, 0.717) is 0 Å². The van der Waals surface area contributed by atoms with E-state index in [1.165, 1.54) is 11.3 Å². The maximum Gasteiger partial charge on any atom is 0.172 e. The average Bonchev–Trinajstić information content (AvgIpc) is 2.98. The first kappa shape index (κ1) is 11.9. The van der Waals surface area contributed by atoms with Gasteiger partial charge >= 0.3 is 0 Å². The zero-order valence-corrected chi connectivity index (χ0v) is 11.1. The molecule has 2 heterocycles. The van der Waals surface area contributed by atoms with Crippen molar-refractivity contribution in [3.63, 3.8) is 0 Å². The summed E-state index contributed by atoms with van der Waals surface area (Å²) in [5, 5.41) is 4.63. The van der Waals surface area contributed by atoms with E-state index < -0.39 is 0 Å². The van der Waals surface area contributed by atoms with Gasteiger partial charge in [0.2, 0.25) is 0 Å². The molecule has 0 radical (unpaired) electrons. The Bertz CT molecular complexity index is 470. The Labute approximate surface area is 108 Å². The molecule has 4 nitrogen and oxygen atoms in total. The summed E-state index contributed by atoms with van der Waals surface area (Å²) < 4.78 is 13.5. The standard InChI is InChI=1S/C14H20N2O2/c1-3-16-11(2)10-13(15-16)12-4-6-14(7-5-12)17-8-9-18-14/h4,10H,3,5-9H2,1-2H3. The lowest BCUT2D eigenvalue weighted by Crippen LogP contribution is -2.31. The number of hydrogen-bond donors (Lipinski definition) is 0. The molecule has 1 saturated heterocycles. The molecule has 1 fully saturated rings. The van der Waals surface area contributed by atoms with Gasteiger partial charge in [-0.2, -0.15) is 5.10 Å². The number of hydrogen-bond acceptors (Lipinski definition) is 3. The van der Waals surface area contributed by atoms with Gasteiger partial charge in [-0.3, -0.25) is 4.68 Å². The zero-order valence-electron chi connectivity index (χ0n) is 11.1. The van der Waals surface area contributed by atoms with Crippen molar-refractivity contribution in [3.05, 3.63) is 23.5 Å². The van der Waals surface area contributed by atoms with Crippen LogP contribution < -0.4 is 0 Å². The van der Waals surface area contributed by atoms with E-state index in [0.717, 1.165) is 44.7 Å². The molecule has 1 aromatic heterocycles. The lowest BCUT2D eigenvalue weighted by molar-refractivity contribution is -0.159. The topological polar surface area (TPSA) is 36.3 Å². The first-order valence-electron chi connectivity index (χ1n) is 6.74. The van der Waals surface area contributed by atoms with Crippen molar-refractivity contribution in [2.45, 2.75) is 45.4 Å². The summed E-state index contributed by atoms with van der Waals surface area (Å²) >= 11 is 0. The lowest BCUT2D eigenvalue weighted by Gasteiger charge is -2.30. The fraction of sp³-hybridized carbons (Fsp3) is 0.643. The van der Waals surface area contributed by atoms with E-state index in [1.54, 1.807) is 0 Å². The quantitative estimate of drug-likeness (QED) is 0.807. The summed E-state index contributed by atoms with van der Waals surface area (Å²) in [7, 11) is 0. The largest absolute Gasteiger partial charge is 0.347 e. The Morgan fingerprint density at radius 2 is 2.17 bits per heavy atom. The fourth-order valence-corrected chi connectivity index (χ4v) is 2.79. The Hall–Kier alpha value is -1.13. The third-order valence-electron chi connectivity index (χ3n) is 3.86. The monoisotopic (exact) mass is 248 g/mol. The molecule has 0 atom stereocenters. The van der Waals surface area contributed by atoms with Crippen molar-refractivity contribution in [2.75, 3.05) is 13.2 Å². The highest BCUT2D eigenvalue weighted by Gasteiger charge is 2.37. The summed E-state index contributed by atoms with van der Waals surface area (Å²) in [5.41, 5.74) is 3.67. The molecular weight excluding hydrogens is 228 g/mol. The van der Waals surface area contributed by atoms with E-state index in [4.69, 9.17) is 9.47 Å². The van der Waals surface area contributed by atoms with E-state index in [9.17, 15) is 0 Å². The predicted octanol–water partition coefficient (Wildman–Crippen LogP) is 2.52. The molecule has 1 aliphatic carbocycles. The van der Waals surface area contributed by atoms with Gasteiger partial charge in [0.05, 0.1) is 18.9 Å². The first-order chi connectivity index (χ1) is 8.72. The summed E-state index contributed by atoms with van der Waals surface area (Å²) in [4.78, 5) is 0. The summed E-state index contributed by atoms with van der Waals surface area (Å²) in [6.45, 7) is 6.61.